The lowest BCUT2D eigenvalue weighted by Gasteiger charge is -2.28. The minimum Gasteiger partial charge on any atom is -0.481 e. The van der Waals surface area contributed by atoms with Crippen molar-refractivity contribution < 1.29 is 54.0 Å². The lowest BCUT2D eigenvalue weighted by Crippen LogP contribution is -2.58. The summed E-state index contributed by atoms with van der Waals surface area (Å²) in [6.07, 6.45) is -2.12. The SMILES string of the molecule is CCC(C)C(NC(=O)C(CCC(=O)O)NC(=O)C(N)CCC(=O)O)C(=O)NC(CCC(=O)O)C(=O)O. The third-order valence-corrected chi connectivity index (χ3v) is 5.34. The lowest BCUT2D eigenvalue weighted by atomic mass is 9.96. The van der Waals surface area contributed by atoms with Crippen LogP contribution < -0.4 is 21.7 Å². The van der Waals surface area contributed by atoms with Gasteiger partial charge < -0.3 is 42.1 Å². The molecule has 15 heteroatoms. The minimum atomic E-state index is -1.54. The van der Waals surface area contributed by atoms with E-state index in [2.05, 4.69) is 16.0 Å². The molecule has 3 amide bonds. The molecule has 0 rings (SSSR count). The van der Waals surface area contributed by atoms with E-state index in [1.165, 1.54) is 0 Å². The van der Waals surface area contributed by atoms with Crippen LogP contribution in [0.15, 0.2) is 0 Å². The number of amides is 3. The van der Waals surface area contributed by atoms with Crippen LogP contribution in [0.4, 0.5) is 0 Å². The Morgan fingerprint density at radius 2 is 1.11 bits per heavy atom. The number of nitrogens with one attached hydrogen (secondary N) is 3. The fraction of sp³-hybridized carbons (Fsp3) is 0.667. The van der Waals surface area contributed by atoms with Gasteiger partial charge >= 0.3 is 23.9 Å². The van der Waals surface area contributed by atoms with E-state index >= 15 is 0 Å². The van der Waals surface area contributed by atoms with Crippen LogP contribution in [0.5, 0.6) is 0 Å². The topological polar surface area (TPSA) is 263 Å². The second-order valence-corrected chi connectivity index (χ2v) is 8.24. The van der Waals surface area contributed by atoms with Crippen molar-refractivity contribution >= 4 is 41.6 Å². The van der Waals surface area contributed by atoms with Gasteiger partial charge in [-0.3, -0.25) is 28.8 Å². The van der Waals surface area contributed by atoms with E-state index in [-0.39, 0.29) is 12.8 Å². The maximum absolute atomic E-state index is 12.9. The van der Waals surface area contributed by atoms with Crippen molar-refractivity contribution in [3.05, 3.63) is 0 Å². The molecule has 0 aromatic heterocycles. The molecule has 5 atom stereocenters. The largest absolute Gasteiger partial charge is 0.481 e. The lowest BCUT2D eigenvalue weighted by molar-refractivity contribution is -0.144. The molecule has 0 aliphatic heterocycles. The van der Waals surface area contributed by atoms with Gasteiger partial charge in [-0.05, 0) is 25.2 Å². The number of carboxylic acids is 4. The van der Waals surface area contributed by atoms with Crippen molar-refractivity contribution in [2.75, 3.05) is 0 Å². The van der Waals surface area contributed by atoms with Gasteiger partial charge in [0, 0.05) is 19.3 Å². The number of nitrogens with two attached hydrogens (primary N) is 1. The first kappa shape index (κ1) is 32.2. The fourth-order valence-electron chi connectivity index (χ4n) is 2.97. The zero-order valence-corrected chi connectivity index (χ0v) is 20.1. The Labute approximate surface area is 206 Å². The van der Waals surface area contributed by atoms with Crippen molar-refractivity contribution in [2.45, 2.75) is 83.0 Å². The van der Waals surface area contributed by atoms with E-state index in [0.29, 0.717) is 6.42 Å². The molecule has 204 valence electrons. The first-order chi connectivity index (χ1) is 16.7. The second-order valence-electron chi connectivity index (χ2n) is 8.24. The molecule has 15 nitrogen and oxygen atoms in total. The van der Waals surface area contributed by atoms with Gasteiger partial charge in [0.25, 0.3) is 0 Å². The number of aliphatic carboxylic acids is 4. The first-order valence-corrected chi connectivity index (χ1v) is 11.2. The molecule has 0 saturated heterocycles. The molecule has 0 aliphatic carbocycles. The molecule has 5 unspecified atom stereocenters. The molecule has 0 saturated carbocycles. The average molecular weight is 519 g/mol. The van der Waals surface area contributed by atoms with Crippen LogP contribution in [0.1, 0.15) is 58.8 Å². The minimum absolute atomic E-state index is 0.237. The van der Waals surface area contributed by atoms with Crippen LogP contribution in [-0.4, -0.2) is 86.2 Å². The molecular formula is C21H34N4O11. The van der Waals surface area contributed by atoms with Gasteiger partial charge in [-0.2, -0.15) is 0 Å². The van der Waals surface area contributed by atoms with Gasteiger partial charge in [0.05, 0.1) is 6.04 Å². The quantitative estimate of drug-likeness (QED) is 0.103. The van der Waals surface area contributed by atoms with E-state index in [1.807, 2.05) is 0 Å². The molecule has 0 aromatic carbocycles. The third-order valence-electron chi connectivity index (χ3n) is 5.34. The van der Waals surface area contributed by atoms with E-state index in [1.54, 1.807) is 13.8 Å². The number of carbonyl (C=O) groups excluding carboxylic acids is 3. The highest BCUT2D eigenvalue weighted by Gasteiger charge is 2.33. The Kier molecular flexibility index (Phi) is 14.4. The van der Waals surface area contributed by atoms with Crippen molar-refractivity contribution in [2.24, 2.45) is 11.7 Å². The van der Waals surface area contributed by atoms with Gasteiger partial charge in [-0.25, -0.2) is 4.79 Å². The highest BCUT2D eigenvalue weighted by atomic mass is 16.4. The molecule has 0 aliphatic rings. The zero-order valence-electron chi connectivity index (χ0n) is 20.1. The van der Waals surface area contributed by atoms with Gasteiger partial charge in [0.2, 0.25) is 17.7 Å². The summed E-state index contributed by atoms with van der Waals surface area (Å²) in [6.45, 7) is 3.28. The summed E-state index contributed by atoms with van der Waals surface area (Å²) in [4.78, 5) is 81.9. The van der Waals surface area contributed by atoms with E-state index in [4.69, 9.17) is 21.1 Å². The van der Waals surface area contributed by atoms with Gasteiger partial charge in [-0.1, -0.05) is 20.3 Å². The van der Waals surface area contributed by atoms with Crippen molar-refractivity contribution in [1.29, 1.82) is 0 Å². The predicted octanol–water partition coefficient (Wildman–Crippen LogP) is -1.51. The van der Waals surface area contributed by atoms with Crippen molar-refractivity contribution in [1.82, 2.24) is 16.0 Å². The maximum Gasteiger partial charge on any atom is 0.326 e. The molecule has 0 fully saturated rings. The predicted molar refractivity (Wildman–Crippen MR) is 121 cm³/mol. The van der Waals surface area contributed by atoms with E-state index in [9.17, 15) is 38.7 Å². The monoisotopic (exact) mass is 518 g/mol. The third kappa shape index (κ3) is 12.6. The number of hydrogen-bond acceptors (Lipinski definition) is 8. The molecule has 36 heavy (non-hydrogen) atoms. The zero-order chi connectivity index (χ0) is 28.0. The molecule has 0 aromatic rings. The van der Waals surface area contributed by atoms with Crippen LogP contribution in [0.25, 0.3) is 0 Å². The molecular weight excluding hydrogens is 484 g/mol. The van der Waals surface area contributed by atoms with Gasteiger partial charge in [0.1, 0.15) is 18.1 Å². The van der Waals surface area contributed by atoms with E-state index < -0.39 is 97.4 Å². The van der Waals surface area contributed by atoms with Crippen LogP contribution in [0, 0.1) is 5.92 Å². The second kappa shape index (κ2) is 16.0. The van der Waals surface area contributed by atoms with Crippen molar-refractivity contribution in [3.8, 4) is 0 Å². The number of rotatable bonds is 18. The standard InChI is InChI=1S/C21H34N4O11/c1-3-10(2)17(20(34)24-13(21(35)36)6-9-16(30)31)25-19(33)12(5-8-15(28)29)23-18(32)11(22)4-7-14(26)27/h10-13,17H,3-9,22H2,1-2H3,(H,23,32)(H,24,34)(H,25,33)(H,26,27)(H,28,29)(H,30,31)(H,35,36). The molecule has 0 heterocycles. The van der Waals surface area contributed by atoms with Crippen molar-refractivity contribution in [3.63, 3.8) is 0 Å². The molecule has 0 bridgehead atoms. The van der Waals surface area contributed by atoms with Crippen LogP contribution >= 0.6 is 0 Å². The number of hydrogen-bond donors (Lipinski definition) is 8. The summed E-state index contributed by atoms with van der Waals surface area (Å²) in [7, 11) is 0. The Balaban J connectivity index is 5.61. The molecule has 9 N–H and O–H groups in total. The summed E-state index contributed by atoms with van der Waals surface area (Å²) in [5.41, 5.74) is 5.64. The summed E-state index contributed by atoms with van der Waals surface area (Å²) in [6, 6.07) is -5.56. The van der Waals surface area contributed by atoms with E-state index in [0.717, 1.165) is 0 Å². The Morgan fingerprint density at radius 1 is 0.667 bits per heavy atom. The summed E-state index contributed by atoms with van der Waals surface area (Å²) >= 11 is 0. The van der Waals surface area contributed by atoms with Gasteiger partial charge in [-0.15, -0.1) is 0 Å². The normalized spacial score (nSPS) is 14.9. The number of carbonyl (C=O) groups is 7. The smallest absolute Gasteiger partial charge is 0.326 e. The van der Waals surface area contributed by atoms with Crippen LogP contribution in [-0.2, 0) is 33.6 Å². The average Bonchev–Trinajstić information content (AvgIpc) is 2.79. The molecule has 0 spiro atoms. The van der Waals surface area contributed by atoms with Gasteiger partial charge in [0.15, 0.2) is 0 Å². The highest BCUT2D eigenvalue weighted by Crippen LogP contribution is 2.11. The molecule has 0 radical (unpaired) electrons. The number of carboxylic acid groups (broad SMARTS) is 4. The highest BCUT2D eigenvalue weighted by molar-refractivity contribution is 5.94. The van der Waals surface area contributed by atoms with Crippen LogP contribution in [0.3, 0.4) is 0 Å². The van der Waals surface area contributed by atoms with Crippen LogP contribution in [0.2, 0.25) is 0 Å². The summed E-state index contributed by atoms with van der Waals surface area (Å²) in [5.74, 6) is -8.46. The summed E-state index contributed by atoms with van der Waals surface area (Å²) < 4.78 is 0. The maximum atomic E-state index is 12.9. The first-order valence-electron chi connectivity index (χ1n) is 11.2. The summed E-state index contributed by atoms with van der Waals surface area (Å²) in [5, 5.41) is 42.6. The Morgan fingerprint density at radius 3 is 1.56 bits per heavy atom. The Bertz CT molecular complexity index is 833. The fourth-order valence-corrected chi connectivity index (χ4v) is 2.97. The Hall–Kier alpha value is -3.75.